The molecule has 5 rings (SSSR count). The van der Waals surface area contributed by atoms with Crippen LogP contribution in [0.5, 0.6) is 11.5 Å². The molecule has 2 amide bonds. The van der Waals surface area contributed by atoms with Gasteiger partial charge in [0.05, 0.1) is 29.1 Å². The van der Waals surface area contributed by atoms with Gasteiger partial charge < -0.3 is 29.4 Å². The summed E-state index contributed by atoms with van der Waals surface area (Å²) in [5.41, 5.74) is 2.14. The number of benzene rings is 2. The first-order valence-electron chi connectivity index (χ1n) is 13.1. The molecule has 1 unspecified atom stereocenters. The third-order valence-corrected chi connectivity index (χ3v) is 8.45. The highest BCUT2D eigenvalue weighted by Gasteiger charge is 2.42. The lowest BCUT2D eigenvalue weighted by Crippen LogP contribution is -2.48. The number of nitrogens with zero attached hydrogens (tertiary/aromatic N) is 2. The fraction of sp³-hybridized carbons (Fsp3) is 0.300. The van der Waals surface area contributed by atoms with Crippen LogP contribution >= 0.6 is 22.9 Å². The van der Waals surface area contributed by atoms with Crippen LogP contribution in [0.4, 0.5) is 5.82 Å². The van der Waals surface area contributed by atoms with Crippen LogP contribution in [-0.2, 0) is 14.3 Å². The minimum Gasteiger partial charge on any atom is -0.493 e. The van der Waals surface area contributed by atoms with Crippen molar-refractivity contribution in [1.29, 1.82) is 0 Å². The number of thiophene rings is 1. The number of hydrogen-bond acceptors (Lipinski definition) is 7. The van der Waals surface area contributed by atoms with E-state index in [4.69, 9.17) is 30.8 Å². The van der Waals surface area contributed by atoms with Gasteiger partial charge in [-0.25, -0.2) is 4.98 Å². The number of hydrogen-bond donors (Lipinski definition) is 2. The zero-order chi connectivity index (χ0) is 29.1. The molecule has 2 aromatic carbocycles. The molecule has 3 atom stereocenters. The van der Waals surface area contributed by atoms with Gasteiger partial charge in [-0.1, -0.05) is 48.0 Å². The maximum atomic E-state index is 13.9. The lowest BCUT2D eigenvalue weighted by atomic mass is 10.1. The van der Waals surface area contributed by atoms with E-state index in [2.05, 4.69) is 10.3 Å². The van der Waals surface area contributed by atoms with Gasteiger partial charge >= 0.3 is 0 Å². The van der Waals surface area contributed by atoms with Gasteiger partial charge in [0.1, 0.15) is 11.9 Å². The first kappa shape index (κ1) is 28.7. The van der Waals surface area contributed by atoms with E-state index >= 15 is 0 Å². The third-order valence-electron chi connectivity index (χ3n) is 7.21. The zero-order valence-corrected chi connectivity index (χ0v) is 24.7. The molecule has 1 aliphatic rings. The van der Waals surface area contributed by atoms with E-state index in [1.54, 1.807) is 36.3 Å². The summed E-state index contributed by atoms with van der Waals surface area (Å²) in [6, 6.07) is 17.7. The smallest absolute Gasteiger partial charge is 0.257 e. The molecule has 41 heavy (non-hydrogen) atoms. The molecule has 1 fully saturated rings. The summed E-state index contributed by atoms with van der Waals surface area (Å²) in [7, 11) is 4.56. The van der Waals surface area contributed by atoms with E-state index in [0.717, 1.165) is 10.4 Å². The fourth-order valence-electron chi connectivity index (χ4n) is 5.18. The van der Waals surface area contributed by atoms with Gasteiger partial charge in [0.25, 0.3) is 5.91 Å². The topological polar surface area (TPSA) is 106 Å². The number of amides is 2. The standard InChI is InChI=1S/C30H31ClN4O5S/c1-17-10-12-20(35(17)30(37)26(40-4)19-11-13-21(38-2)22(16-19)39-3)29(36)34-28-25(18-8-6-5-7-9-18)32-27(33-28)23-14-15-24(31)41-23/h5-9,11,13-17,20,26H,10,12H2,1-4H3,(H,32,33)(H,34,36)/t17-,20+,26?/m0/s1. The number of carbonyl (C=O) groups is 2. The van der Waals surface area contributed by atoms with Crippen molar-refractivity contribution in [3.63, 3.8) is 0 Å². The molecule has 0 aliphatic carbocycles. The number of halogens is 1. The molecule has 0 saturated carbocycles. The van der Waals surface area contributed by atoms with E-state index in [9.17, 15) is 9.59 Å². The SMILES string of the molecule is COc1ccc(C(OC)C(=O)N2[C@@H](C(=O)Nc3nc(-c4ccc(Cl)s4)[nH]c3-c3ccccc3)CC[C@@H]2C)cc1OC. The van der Waals surface area contributed by atoms with Gasteiger partial charge in [-0.2, -0.15) is 0 Å². The van der Waals surface area contributed by atoms with Gasteiger partial charge in [-0.05, 0) is 49.6 Å². The molecule has 4 aromatic rings. The number of nitrogens with one attached hydrogen (secondary N) is 2. The molecular formula is C30H31ClN4O5S. The Morgan fingerprint density at radius 1 is 1.05 bits per heavy atom. The van der Waals surface area contributed by atoms with E-state index in [0.29, 0.717) is 51.6 Å². The lowest BCUT2D eigenvalue weighted by molar-refractivity contribution is -0.148. The molecule has 9 nitrogen and oxygen atoms in total. The maximum absolute atomic E-state index is 13.9. The Hall–Kier alpha value is -3.86. The minimum atomic E-state index is -0.925. The van der Waals surface area contributed by atoms with Gasteiger partial charge in [0.15, 0.2) is 23.4 Å². The molecule has 1 saturated heterocycles. The highest BCUT2D eigenvalue weighted by Crippen LogP contribution is 2.37. The summed E-state index contributed by atoms with van der Waals surface area (Å²) in [5.74, 6) is 1.39. The Bertz CT molecular complexity index is 1540. The molecule has 0 radical (unpaired) electrons. The highest BCUT2D eigenvalue weighted by atomic mass is 35.5. The number of carbonyl (C=O) groups excluding carboxylic acids is 2. The molecule has 3 heterocycles. The normalized spacial score (nSPS) is 17.3. The van der Waals surface area contributed by atoms with Crippen LogP contribution in [0.15, 0.2) is 60.7 Å². The van der Waals surface area contributed by atoms with Crippen LogP contribution in [0.1, 0.15) is 31.4 Å². The summed E-state index contributed by atoms with van der Waals surface area (Å²) in [5, 5.41) is 3.00. The summed E-state index contributed by atoms with van der Waals surface area (Å²) in [6.07, 6.45) is 0.266. The Balaban J connectivity index is 1.43. The molecule has 2 aromatic heterocycles. The van der Waals surface area contributed by atoms with Crippen molar-refractivity contribution in [2.24, 2.45) is 0 Å². The number of imidazole rings is 1. The average molecular weight is 595 g/mol. The second kappa shape index (κ2) is 12.3. The predicted octanol–water partition coefficient (Wildman–Crippen LogP) is 6.18. The first-order chi connectivity index (χ1) is 19.8. The Kier molecular flexibility index (Phi) is 8.63. The van der Waals surface area contributed by atoms with Crippen LogP contribution in [0.25, 0.3) is 22.0 Å². The Morgan fingerprint density at radius 2 is 1.80 bits per heavy atom. The van der Waals surface area contributed by atoms with Crippen molar-refractivity contribution in [3.8, 4) is 33.5 Å². The van der Waals surface area contributed by atoms with Crippen LogP contribution < -0.4 is 14.8 Å². The number of aromatic amines is 1. The predicted molar refractivity (Wildman–Crippen MR) is 160 cm³/mol. The van der Waals surface area contributed by atoms with Gasteiger partial charge in [0, 0.05) is 18.7 Å². The van der Waals surface area contributed by atoms with Crippen LogP contribution in [0.3, 0.4) is 0 Å². The van der Waals surface area contributed by atoms with E-state index in [-0.39, 0.29) is 17.9 Å². The van der Waals surface area contributed by atoms with Crippen molar-refractivity contribution >= 4 is 40.6 Å². The van der Waals surface area contributed by atoms with Crippen LogP contribution in [-0.4, -0.2) is 60.1 Å². The number of ether oxygens (including phenoxy) is 3. The Morgan fingerprint density at radius 3 is 2.46 bits per heavy atom. The maximum Gasteiger partial charge on any atom is 0.257 e. The molecule has 0 spiro atoms. The number of H-pyrrole nitrogens is 1. The number of anilines is 1. The summed E-state index contributed by atoms with van der Waals surface area (Å²) >= 11 is 7.55. The van der Waals surface area contributed by atoms with Crippen molar-refractivity contribution in [1.82, 2.24) is 14.9 Å². The monoisotopic (exact) mass is 594 g/mol. The largest absolute Gasteiger partial charge is 0.493 e. The molecule has 1 aliphatic heterocycles. The molecule has 0 bridgehead atoms. The molecule has 11 heteroatoms. The highest BCUT2D eigenvalue weighted by molar-refractivity contribution is 7.19. The number of likely N-dealkylation sites (tertiary alicyclic amines) is 1. The second-order valence-electron chi connectivity index (χ2n) is 9.69. The zero-order valence-electron chi connectivity index (χ0n) is 23.1. The molecule has 214 valence electrons. The summed E-state index contributed by atoms with van der Waals surface area (Å²) in [4.78, 5) is 38.2. The van der Waals surface area contributed by atoms with Crippen molar-refractivity contribution in [2.45, 2.75) is 38.0 Å². The third kappa shape index (κ3) is 5.81. The lowest BCUT2D eigenvalue weighted by Gasteiger charge is -2.31. The summed E-state index contributed by atoms with van der Waals surface area (Å²) < 4.78 is 17.1. The van der Waals surface area contributed by atoms with E-state index < -0.39 is 12.1 Å². The van der Waals surface area contributed by atoms with Crippen molar-refractivity contribution < 1.29 is 23.8 Å². The van der Waals surface area contributed by atoms with Crippen LogP contribution in [0, 0.1) is 0 Å². The second-order valence-corrected chi connectivity index (χ2v) is 11.4. The van der Waals surface area contributed by atoms with E-state index in [1.165, 1.54) is 25.6 Å². The van der Waals surface area contributed by atoms with Gasteiger partial charge in [-0.15, -0.1) is 11.3 Å². The number of rotatable bonds is 9. The van der Waals surface area contributed by atoms with Crippen LogP contribution in [0.2, 0.25) is 4.34 Å². The van der Waals surface area contributed by atoms with Gasteiger partial charge in [0.2, 0.25) is 5.91 Å². The Labute approximate surface area is 247 Å². The fourth-order valence-corrected chi connectivity index (χ4v) is 6.17. The minimum absolute atomic E-state index is 0.160. The quantitative estimate of drug-likeness (QED) is 0.240. The van der Waals surface area contributed by atoms with Gasteiger partial charge in [-0.3, -0.25) is 9.59 Å². The van der Waals surface area contributed by atoms with Crippen molar-refractivity contribution in [2.75, 3.05) is 26.6 Å². The molecular weight excluding hydrogens is 564 g/mol. The first-order valence-corrected chi connectivity index (χ1v) is 14.3. The number of aromatic nitrogens is 2. The number of methoxy groups -OCH3 is 3. The van der Waals surface area contributed by atoms with Crippen molar-refractivity contribution in [3.05, 3.63) is 70.6 Å². The van der Waals surface area contributed by atoms with E-state index in [1.807, 2.05) is 43.3 Å². The molecule has 2 N–H and O–H groups in total. The summed E-state index contributed by atoms with van der Waals surface area (Å²) in [6.45, 7) is 1.94. The average Bonchev–Trinajstić information content (AvgIpc) is 3.71.